The van der Waals surface area contributed by atoms with E-state index in [0.717, 1.165) is 30.0 Å². The standard InChI is InChI=1S/C21H31N3O2/c1-4-5-6-7-8-9-13-26-19-12-10-11-18(15-19)16-22-21(25)20-14-17(2)23-24(20)3/h10-12,14-15H,4-9,13,16H2,1-3H3,(H,22,25). The first kappa shape index (κ1) is 20.0. The van der Waals surface area contributed by atoms with Gasteiger partial charge in [0.2, 0.25) is 0 Å². The van der Waals surface area contributed by atoms with Crippen molar-refractivity contribution in [2.75, 3.05) is 6.61 Å². The van der Waals surface area contributed by atoms with Crippen LogP contribution in [0.25, 0.3) is 0 Å². The quantitative estimate of drug-likeness (QED) is 0.607. The highest BCUT2D eigenvalue weighted by Gasteiger charge is 2.11. The van der Waals surface area contributed by atoms with Crippen molar-refractivity contribution in [3.63, 3.8) is 0 Å². The summed E-state index contributed by atoms with van der Waals surface area (Å²) in [6.07, 6.45) is 7.52. The largest absolute Gasteiger partial charge is 0.494 e. The van der Waals surface area contributed by atoms with E-state index in [2.05, 4.69) is 17.3 Å². The maximum Gasteiger partial charge on any atom is 0.269 e. The van der Waals surface area contributed by atoms with Crippen LogP contribution in [0.3, 0.4) is 0 Å². The predicted octanol–water partition coefficient (Wildman–Crippen LogP) is 4.40. The normalized spacial score (nSPS) is 10.7. The van der Waals surface area contributed by atoms with Crippen molar-refractivity contribution in [3.05, 3.63) is 47.3 Å². The molecule has 142 valence electrons. The third-order valence-corrected chi connectivity index (χ3v) is 4.35. The van der Waals surface area contributed by atoms with E-state index in [1.807, 2.05) is 31.2 Å². The van der Waals surface area contributed by atoms with E-state index in [1.165, 1.54) is 32.1 Å². The first-order chi connectivity index (χ1) is 12.6. The van der Waals surface area contributed by atoms with Crippen LogP contribution in [0.1, 0.15) is 67.2 Å². The molecule has 0 unspecified atom stereocenters. The van der Waals surface area contributed by atoms with Gasteiger partial charge in [0.25, 0.3) is 5.91 Å². The molecule has 5 nitrogen and oxygen atoms in total. The molecule has 0 saturated heterocycles. The molecule has 0 atom stereocenters. The number of hydrogen-bond acceptors (Lipinski definition) is 3. The minimum atomic E-state index is -0.119. The molecule has 0 saturated carbocycles. The van der Waals surface area contributed by atoms with Crippen molar-refractivity contribution in [2.45, 2.75) is 58.9 Å². The number of amides is 1. The van der Waals surface area contributed by atoms with Gasteiger partial charge in [-0.3, -0.25) is 9.48 Å². The SMILES string of the molecule is CCCCCCCCOc1cccc(CNC(=O)c2cc(C)nn2C)c1. The second-order valence-corrected chi connectivity index (χ2v) is 6.74. The molecule has 0 spiro atoms. The van der Waals surface area contributed by atoms with Gasteiger partial charge in [-0.1, -0.05) is 51.2 Å². The summed E-state index contributed by atoms with van der Waals surface area (Å²) in [7, 11) is 1.78. The number of aryl methyl sites for hydroxylation is 2. The molecule has 0 bridgehead atoms. The smallest absolute Gasteiger partial charge is 0.269 e. The Labute approximate surface area is 156 Å². The molecule has 0 radical (unpaired) electrons. The van der Waals surface area contributed by atoms with Gasteiger partial charge in [0.05, 0.1) is 12.3 Å². The van der Waals surface area contributed by atoms with Gasteiger partial charge in [-0.05, 0) is 37.1 Å². The van der Waals surface area contributed by atoms with Crippen molar-refractivity contribution in [1.82, 2.24) is 15.1 Å². The van der Waals surface area contributed by atoms with Gasteiger partial charge in [-0.15, -0.1) is 0 Å². The van der Waals surface area contributed by atoms with Gasteiger partial charge in [0.1, 0.15) is 11.4 Å². The lowest BCUT2D eigenvalue weighted by molar-refractivity contribution is 0.0941. The molecule has 1 aromatic heterocycles. The third-order valence-electron chi connectivity index (χ3n) is 4.35. The van der Waals surface area contributed by atoms with Crippen molar-refractivity contribution in [2.24, 2.45) is 7.05 Å². The summed E-state index contributed by atoms with van der Waals surface area (Å²) in [6.45, 7) is 5.32. The number of unbranched alkanes of at least 4 members (excludes halogenated alkanes) is 5. The summed E-state index contributed by atoms with van der Waals surface area (Å²) in [6, 6.07) is 9.70. The maximum atomic E-state index is 12.3. The monoisotopic (exact) mass is 357 g/mol. The fourth-order valence-electron chi connectivity index (χ4n) is 2.91. The van der Waals surface area contributed by atoms with Crippen LogP contribution in [0, 0.1) is 6.92 Å². The fraction of sp³-hybridized carbons (Fsp3) is 0.524. The van der Waals surface area contributed by atoms with Gasteiger partial charge >= 0.3 is 0 Å². The van der Waals surface area contributed by atoms with Crippen molar-refractivity contribution < 1.29 is 9.53 Å². The van der Waals surface area contributed by atoms with Crippen LogP contribution in [-0.2, 0) is 13.6 Å². The number of carbonyl (C=O) groups excluding carboxylic acids is 1. The lowest BCUT2D eigenvalue weighted by Gasteiger charge is -2.09. The molecule has 26 heavy (non-hydrogen) atoms. The Balaban J connectivity index is 1.74. The fourth-order valence-corrected chi connectivity index (χ4v) is 2.91. The molecule has 5 heteroatoms. The molecule has 1 N–H and O–H groups in total. The lowest BCUT2D eigenvalue weighted by atomic mass is 10.1. The second-order valence-electron chi connectivity index (χ2n) is 6.74. The van der Waals surface area contributed by atoms with E-state index in [0.29, 0.717) is 12.2 Å². The van der Waals surface area contributed by atoms with Crippen LogP contribution in [-0.4, -0.2) is 22.3 Å². The minimum Gasteiger partial charge on any atom is -0.494 e. The van der Waals surface area contributed by atoms with E-state index in [-0.39, 0.29) is 5.91 Å². The Morgan fingerprint density at radius 3 is 2.65 bits per heavy atom. The molecular weight excluding hydrogens is 326 g/mol. The van der Waals surface area contributed by atoms with Crippen LogP contribution in [0.5, 0.6) is 5.75 Å². The highest BCUT2D eigenvalue weighted by atomic mass is 16.5. The van der Waals surface area contributed by atoms with Crippen LogP contribution < -0.4 is 10.1 Å². The van der Waals surface area contributed by atoms with Crippen molar-refractivity contribution >= 4 is 5.91 Å². The number of rotatable bonds is 11. The Morgan fingerprint density at radius 1 is 1.15 bits per heavy atom. The second kappa shape index (κ2) is 10.6. The van der Waals surface area contributed by atoms with Crippen LogP contribution >= 0.6 is 0 Å². The number of hydrogen-bond donors (Lipinski definition) is 1. The zero-order valence-electron chi connectivity index (χ0n) is 16.3. The Kier molecular flexibility index (Phi) is 8.19. The topological polar surface area (TPSA) is 56.1 Å². The van der Waals surface area contributed by atoms with E-state index >= 15 is 0 Å². The van der Waals surface area contributed by atoms with E-state index in [1.54, 1.807) is 17.8 Å². The highest BCUT2D eigenvalue weighted by molar-refractivity contribution is 5.92. The summed E-state index contributed by atoms with van der Waals surface area (Å²) in [5, 5.41) is 7.14. The molecular formula is C21H31N3O2. The minimum absolute atomic E-state index is 0.119. The lowest BCUT2D eigenvalue weighted by Crippen LogP contribution is -2.25. The molecule has 2 aromatic rings. The zero-order chi connectivity index (χ0) is 18.8. The van der Waals surface area contributed by atoms with E-state index in [9.17, 15) is 4.79 Å². The molecule has 1 amide bonds. The molecule has 1 aromatic carbocycles. The van der Waals surface area contributed by atoms with Gasteiger partial charge in [0, 0.05) is 13.6 Å². The Hall–Kier alpha value is -2.30. The summed E-state index contributed by atoms with van der Waals surface area (Å²) >= 11 is 0. The Bertz CT molecular complexity index is 694. The average Bonchev–Trinajstić information content (AvgIpc) is 2.97. The summed E-state index contributed by atoms with van der Waals surface area (Å²) in [5.41, 5.74) is 2.43. The molecule has 0 aliphatic rings. The van der Waals surface area contributed by atoms with Gasteiger partial charge in [0.15, 0.2) is 0 Å². The molecule has 1 heterocycles. The summed E-state index contributed by atoms with van der Waals surface area (Å²) < 4.78 is 7.44. The first-order valence-corrected chi connectivity index (χ1v) is 9.60. The van der Waals surface area contributed by atoms with Crippen LogP contribution in [0.15, 0.2) is 30.3 Å². The first-order valence-electron chi connectivity index (χ1n) is 9.60. The van der Waals surface area contributed by atoms with Crippen molar-refractivity contribution in [1.29, 1.82) is 0 Å². The van der Waals surface area contributed by atoms with Crippen LogP contribution in [0.4, 0.5) is 0 Å². The molecule has 0 fully saturated rings. The van der Waals surface area contributed by atoms with E-state index < -0.39 is 0 Å². The zero-order valence-corrected chi connectivity index (χ0v) is 16.3. The molecule has 2 rings (SSSR count). The van der Waals surface area contributed by atoms with Crippen LogP contribution in [0.2, 0.25) is 0 Å². The van der Waals surface area contributed by atoms with Gasteiger partial charge in [-0.2, -0.15) is 5.10 Å². The maximum absolute atomic E-state index is 12.3. The number of nitrogens with one attached hydrogen (secondary N) is 1. The Morgan fingerprint density at radius 2 is 1.92 bits per heavy atom. The number of aromatic nitrogens is 2. The average molecular weight is 357 g/mol. The molecule has 0 aliphatic heterocycles. The van der Waals surface area contributed by atoms with Crippen molar-refractivity contribution in [3.8, 4) is 5.75 Å². The number of nitrogens with zero attached hydrogens (tertiary/aromatic N) is 2. The number of benzene rings is 1. The van der Waals surface area contributed by atoms with E-state index in [4.69, 9.17) is 4.74 Å². The summed E-state index contributed by atoms with van der Waals surface area (Å²) in [5.74, 6) is 0.744. The van der Waals surface area contributed by atoms with Gasteiger partial charge in [-0.25, -0.2) is 0 Å². The number of ether oxygens (including phenoxy) is 1. The predicted molar refractivity (Wildman–Crippen MR) is 104 cm³/mol. The number of carbonyl (C=O) groups is 1. The highest BCUT2D eigenvalue weighted by Crippen LogP contribution is 2.14. The third kappa shape index (κ3) is 6.54. The van der Waals surface area contributed by atoms with Gasteiger partial charge < -0.3 is 10.1 Å². The summed E-state index contributed by atoms with van der Waals surface area (Å²) in [4.78, 5) is 12.3. The molecule has 0 aliphatic carbocycles.